The topological polar surface area (TPSA) is 151 Å². The molecule has 37 heavy (non-hydrogen) atoms. The molecule has 0 aliphatic carbocycles. The number of amides is 2. The van der Waals surface area contributed by atoms with Crippen molar-refractivity contribution in [3.8, 4) is 11.5 Å². The number of hydrogen-bond donors (Lipinski definition) is 5. The van der Waals surface area contributed by atoms with E-state index < -0.39 is 17.9 Å². The Balaban J connectivity index is 1.89. The quantitative estimate of drug-likeness (QED) is 0.111. The number of aromatic nitrogens is 1. The molecular formula is C27H28N6O4. The van der Waals surface area contributed by atoms with Gasteiger partial charge in [-0.15, -0.1) is 0 Å². The van der Waals surface area contributed by atoms with Gasteiger partial charge in [-0.05, 0) is 54.1 Å². The summed E-state index contributed by atoms with van der Waals surface area (Å²) in [6.07, 6.45) is 6.16. The van der Waals surface area contributed by atoms with Crippen molar-refractivity contribution in [1.29, 1.82) is 5.41 Å². The van der Waals surface area contributed by atoms with E-state index in [0.29, 0.717) is 33.9 Å². The molecule has 3 aromatic rings. The Hall–Kier alpha value is -5.12. The van der Waals surface area contributed by atoms with Crippen molar-refractivity contribution in [3.05, 3.63) is 109 Å². The zero-order chi connectivity index (χ0) is 26.6. The van der Waals surface area contributed by atoms with Gasteiger partial charge in [0.05, 0.1) is 0 Å². The monoisotopic (exact) mass is 500 g/mol. The van der Waals surface area contributed by atoms with E-state index in [4.69, 9.17) is 20.6 Å². The number of nitrogen functional groups attached to an aromatic ring is 1. The van der Waals surface area contributed by atoms with Crippen LogP contribution >= 0.6 is 0 Å². The molecule has 0 radical (unpaired) electrons. The Morgan fingerprint density at radius 3 is 2.19 bits per heavy atom. The zero-order valence-corrected chi connectivity index (χ0v) is 20.1. The van der Waals surface area contributed by atoms with Crippen LogP contribution in [0.2, 0.25) is 0 Å². The van der Waals surface area contributed by atoms with Crippen molar-refractivity contribution < 1.29 is 19.1 Å². The number of anilines is 1. The van der Waals surface area contributed by atoms with Crippen LogP contribution in [0.5, 0.6) is 11.5 Å². The molecule has 0 saturated carbocycles. The lowest BCUT2D eigenvalue weighted by molar-refractivity contribution is -0.122. The van der Waals surface area contributed by atoms with Gasteiger partial charge in [-0.25, -0.2) is 0 Å². The van der Waals surface area contributed by atoms with Gasteiger partial charge in [0, 0.05) is 29.2 Å². The highest BCUT2D eigenvalue weighted by atomic mass is 16.5. The molecule has 1 atom stereocenters. The van der Waals surface area contributed by atoms with E-state index in [1.807, 2.05) is 0 Å². The van der Waals surface area contributed by atoms with Gasteiger partial charge in [0.1, 0.15) is 25.1 Å². The molecular weight excluding hydrogens is 472 g/mol. The molecule has 2 aromatic carbocycles. The smallest absolute Gasteiger partial charge is 0.269 e. The van der Waals surface area contributed by atoms with Gasteiger partial charge in [0.2, 0.25) is 0 Å². The predicted molar refractivity (Wildman–Crippen MR) is 141 cm³/mol. The second-order valence-electron chi connectivity index (χ2n) is 7.65. The maximum atomic E-state index is 13.3. The molecule has 0 fully saturated rings. The summed E-state index contributed by atoms with van der Waals surface area (Å²) < 4.78 is 11.4. The number of carbonyl (C=O) groups is 2. The van der Waals surface area contributed by atoms with Gasteiger partial charge < -0.3 is 20.5 Å². The van der Waals surface area contributed by atoms with Crippen LogP contribution in [-0.4, -0.2) is 35.8 Å². The number of amidine groups is 1. The molecule has 190 valence electrons. The molecule has 1 unspecified atom stereocenters. The number of pyridine rings is 1. The van der Waals surface area contributed by atoms with Crippen molar-refractivity contribution in [2.45, 2.75) is 6.04 Å². The van der Waals surface area contributed by atoms with Crippen LogP contribution in [0, 0.1) is 5.41 Å². The first kappa shape index (κ1) is 26.5. The molecule has 10 heteroatoms. The van der Waals surface area contributed by atoms with Crippen LogP contribution in [0.4, 0.5) is 5.69 Å². The SMILES string of the molecule is C=CCOc1ccc(C(Nc2ccc(C(=N)N)cc2)C(=O)NNC(=O)c2ccncc2)cc1OCC=C. The number of hydrogen-bond acceptors (Lipinski definition) is 7. The minimum atomic E-state index is -0.944. The Labute approximate surface area is 214 Å². The van der Waals surface area contributed by atoms with Crippen molar-refractivity contribution >= 4 is 23.3 Å². The fraction of sp³-hybridized carbons (Fsp3) is 0.111. The van der Waals surface area contributed by atoms with Crippen molar-refractivity contribution in [2.75, 3.05) is 18.5 Å². The van der Waals surface area contributed by atoms with Gasteiger partial charge in [0.15, 0.2) is 11.5 Å². The molecule has 6 N–H and O–H groups in total. The van der Waals surface area contributed by atoms with E-state index in [2.05, 4.69) is 34.3 Å². The van der Waals surface area contributed by atoms with E-state index in [1.54, 1.807) is 54.6 Å². The number of ether oxygens (including phenoxy) is 2. The molecule has 0 bridgehead atoms. The zero-order valence-electron chi connectivity index (χ0n) is 20.1. The van der Waals surface area contributed by atoms with Crippen LogP contribution in [-0.2, 0) is 4.79 Å². The van der Waals surface area contributed by atoms with E-state index >= 15 is 0 Å². The maximum Gasteiger partial charge on any atom is 0.269 e. The summed E-state index contributed by atoms with van der Waals surface area (Å²) in [5.74, 6) is -0.220. The Bertz CT molecular complexity index is 1260. The number of nitrogens with zero attached hydrogens (tertiary/aromatic N) is 1. The van der Waals surface area contributed by atoms with Crippen molar-refractivity contribution in [1.82, 2.24) is 15.8 Å². The van der Waals surface area contributed by atoms with Crippen LogP contribution in [0.3, 0.4) is 0 Å². The second kappa shape index (κ2) is 13.1. The lowest BCUT2D eigenvalue weighted by atomic mass is 10.0. The average Bonchev–Trinajstić information content (AvgIpc) is 2.93. The summed E-state index contributed by atoms with van der Waals surface area (Å²) >= 11 is 0. The Morgan fingerprint density at radius 2 is 1.57 bits per heavy atom. The highest BCUT2D eigenvalue weighted by Crippen LogP contribution is 2.32. The largest absolute Gasteiger partial charge is 0.486 e. The van der Waals surface area contributed by atoms with Crippen LogP contribution in [0.25, 0.3) is 0 Å². The minimum absolute atomic E-state index is 0.0706. The fourth-order valence-electron chi connectivity index (χ4n) is 3.21. The van der Waals surface area contributed by atoms with Gasteiger partial charge in [-0.3, -0.25) is 30.8 Å². The number of benzene rings is 2. The lowest BCUT2D eigenvalue weighted by Gasteiger charge is -2.22. The summed E-state index contributed by atoms with van der Waals surface area (Å²) in [6.45, 7) is 7.82. The highest BCUT2D eigenvalue weighted by Gasteiger charge is 2.23. The third kappa shape index (κ3) is 7.43. The second-order valence-corrected chi connectivity index (χ2v) is 7.65. The van der Waals surface area contributed by atoms with Crippen molar-refractivity contribution in [3.63, 3.8) is 0 Å². The number of carbonyl (C=O) groups excluding carboxylic acids is 2. The molecule has 1 heterocycles. The summed E-state index contributed by atoms with van der Waals surface area (Å²) in [5.41, 5.74) is 12.4. The average molecular weight is 501 g/mol. The maximum absolute atomic E-state index is 13.3. The third-order valence-electron chi connectivity index (χ3n) is 5.03. The lowest BCUT2D eigenvalue weighted by Crippen LogP contribution is -2.45. The third-order valence-corrected chi connectivity index (χ3v) is 5.03. The number of rotatable bonds is 12. The van der Waals surface area contributed by atoms with Gasteiger partial charge in [0.25, 0.3) is 11.8 Å². The summed E-state index contributed by atoms with van der Waals surface area (Å²) in [5, 5.41) is 10.7. The summed E-state index contributed by atoms with van der Waals surface area (Å²) in [4.78, 5) is 29.6. The van der Waals surface area contributed by atoms with Crippen LogP contribution < -0.4 is 31.4 Å². The first-order valence-corrected chi connectivity index (χ1v) is 11.3. The first-order chi connectivity index (χ1) is 17.9. The van der Waals surface area contributed by atoms with Crippen LogP contribution in [0.15, 0.2) is 92.3 Å². The van der Waals surface area contributed by atoms with Crippen LogP contribution in [0.1, 0.15) is 27.5 Å². The number of hydrazine groups is 1. The van der Waals surface area contributed by atoms with Crippen molar-refractivity contribution in [2.24, 2.45) is 5.73 Å². The molecule has 3 rings (SSSR count). The molecule has 1 aromatic heterocycles. The van der Waals surface area contributed by atoms with Gasteiger partial charge >= 0.3 is 0 Å². The van der Waals surface area contributed by atoms with Gasteiger partial charge in [-0.1, -0.05) is 31.4 Å². The molecule has 2 amide bonds. The number of nitrogens with two attached hydrogens (primary N) is 1. The predicted octanol–water partition coefficient (Wildman–Crippen LogP) is 3.11. The Kier molecular flexibility index (Phi) is 9.38. The normalized spacial score (nSPS) is 10.9. The van der Waals surface area contributed by atoms with E-state index in [-0.39, 0.29) is 19.0 Å². The molecule has 0 aliphatic heterocycles. The molecule has 0 spiro atoms. The van der Waals surface area contributed by atoms with E-state index in [1.165, 1.54) is 24.5 Å². The van der Waals surface area contributed by atoms with E-state index in [9.17, 15) is 9.59 Å². The summed E-state index contributed by atoms with van der Waals surface area (Å²) in [6, 6.07) is 13.9. The Morgan fingerprint density at radius 1 is 0.919 bits per heavy atom. The molecule has 10 nitrogen and oxygen atoms in total. The fourth-order valence-corrected chi connectivity index (χ4v) is 3.21. The minimum Gasteiger partial charge on any atom is -0.486 e. The van der Waals surface area contributed by atoms with E-state index in [0.717, 1.165) is 0 Å². The first-order valence-electron chi connectivity index (χ1n) is 11.3. The molecule has 0 aliphatic rings. The molecule has 0 saturated heterocycles. The van der Waals surface area contributed by atoms with Gasteiger partial charge in [-0.2, -0.15) is 0 Å². The number of nitrogens with one attached hydrogen (secondary N) is 4. The summed E-state index contributed by atoms with van der Waals surface area (Å²) in [7, 11) is 0. The standard InChI is InChI=1S/C27H28N6O4/c1-3-15-36-22-10-7-20(17-23(22)37-16-4-2)24(31-21-8-5-18(6-9-21)25(28)29)27(35)33-32-26(34)19-11-13-30-14-12-19/h3-14,17,24,31H,1-2,15-16H2,(H3,28,29)(H,32,34)(H,33,35). The highest BCUT2D eigenvalue weighted by molar-refractivity contribution is 5.97.